The van der Waals surface area contributed by atoms with Gasteiger partial charge in [-0.3, -0.25) is 0 Å². The molecule has 2 aromatic heterocycles. The second-order valence-electron chi connectivity index (χ2n) is 3.10. The molecular weight excluding hydrogens is 250 g/mol. The number of nitrogens with zero attached hydrogens (tertiary/aromatic N) is 3. The number of aryl methyl sites for hydroxylation is 2. The second kappa shape index (κ2) is 4.38. The van der Waals surface area contributed by atoms with Gasteiger partial charge in [-0.15, -0.1) is 0 Å². The van der Waals surface area contributed by atoms with E-state index in [1.54, 1.807) is 0 Å². The first kappa shape index (κ1) is 10.7. The molecule has 0 bridgehead atoms. The lowest BCUT2D eigenvalue weighted by Crippen LogP contribution is -1.94. The van der Waals surface area contributed by atoms with Crippen LogP contribution in [-0.4, -0.2) is 9.36 Å². The van der Waals surface area contributed by atoms with Crippen molar-refractivity contribution in [2.24, 2.45) is 4.99 Å². The van der Waals surface area contributed by atoms with Crippen LogP contribution < -0.4 is 4.67 Å². The van der Waals surface area contributed by atoms with Crippen molar-refractivity contribution in [2.45, 2.75) is 13.8 Å². The van der Waals surface area contributed by atoms with Crippen molar-refractivity contribution in [1.29, 1.82) is 0 Å². The fourth-order valence-corrected chi connectivity index (χ4v) is 3.19. The minimum Gasteiger partial charge on any atom is -0.234 e. The van der Waals surface area contributed by atoms with Gasteiger partial charge in [-0.25, -0.2) is 9.98 Å². The Morgan fingerprint density at radius 2 is 2.13 bits per heavy atom. The van der Waals surface area contributed by atoms with Gasteiger partial charge < -0.3 is 0 Å². The quantitative estimate of drug-likeness (QED) is 0.737. The number of rotatable bonds is 1. The van der Waals surface area contributed by atoms with Crippen molar-refractivity contribution in [3.8, 4) is 0 Å². The molecule has 0 N–H and O–H groups in total. The molecule has 0 fully saturated rings. The number of aromatic nitrogens is 2. The summed E-state index contributed by atoms with van der Waals surface area (Å²) in [7, 11) is 2.78. The molecule has 0 spiro atoms. The van der Waals surface area contributed by atoms with Gasteiger partial charge in [0.2, 0.25) is 0 Å². The highest BCUT2D eigenvalue weighted by Crippen LogP contribution is 2.13. The van der Waals surface area contributed by atoms with E-state index in [-0.39, 0.29) is 0 Å². The van der Waals surface area contributed by atoms with Crippen molar-refractivity contribution >= 4 is 38.3 Å². The second-order valence-corrected chi connectivity index (χ2v) is 5.29. The predicted octanol–water partition coefficient (Wildman–Crippen LogP) is 3.10. The third-order valence-corrected chi connectivity index (χ3v) is 3.88. The molecule has 0 unspecified atom stereocenters. The minimum atomic E-state index is 0.450. The van der Waals surface area contributed by atoms with Gasteiger partial charge >= 0.3 is 0 Å². The molecule has 0 atom stereocenters. The molecule has 0 amide bonds. The van der Waals surface area contributed by atoms with Crippen molar-refractivity contribution < 1.29 is 0 Å². The molecule has 15 heavy (non-hydrogen) atoms. The topological polar surface area (TPSA) is 38.1 Å². The normalized spacial score (nSPS) is 12.1. The minimum absolute atomic E-state index is 0.450. The molecule has 2 aromatic rings. The lowest BCUT2D eigenvalue weighted by molar-refractivity contribution is 1.14. The smallest absolute Gasteiger partial charge is 0.179 e. The highest BCUT2D eigenvalue weighted by molar-refractivity contribution is 7.66. The number of pyridine rings is 1. The molecule has 0 aromatic carbocycles. The van der Waals surface area contributed by atoms with E-state index in [2.05, 4.69) is 14.3 Å². The molecular formula is C9H8ClN3S2. The lowest BCUT2D eigenvalue weighted by Gasteiger charge is -1.97. The Morgan fingerprint density at radius 1 is 1.33 bits per heavy atom. The van der Waals surface area contributed by atoms with Gasteiger partial charge in [0, 0.05) is 16.2 Å². The van der Waals surface area contributed by atoms with E-state index in [9.17, 15) is 0 Å². The van der Waals surface area contributed by atoms with Crippen LogP contribution in [0.25, 0.3) is 0 Å². The fourth-order valence-electron chi connectivity index (χ4n) is 1.21. The number of hydrogen-bond donors (Lipinski definition) is 0. The van der Waals surface area contributed by atoms with Crippen LogP contribution in [0.2, 0.25) is 5.15 Å². The maximum atomic E-state index is 5.86. The molecule has 0 radical (unpaired) electrons. The summed E-state index contributed by atoms with van der Waals surface area (Å²) in [4.78, 5) is 8.65. The van der Waals surface area contributed by atoms with E-state index < -0.39 is 0 Å². The van der Waals surface area contributed by atoms with E-state index in [0.717, 1.165) is 15.9 Å². The molecule has 78 valence electrons. The Morgan fingerprint density at radius 3 is 2.73 bits per heavy atom. The largest absolute Gasteiger partial charge is 0.234 e. The molecule has 2 rings (SSSR count). The third kappa shape index (κ3) is 2.62. The van der Waals surface area contributed by atoms with Crippen LogP contribution >= 0.6 is 32.5 Å². The molecule has 0 aliphatic carbocycles. The van der Waals surface area contributed by atoms with Gasteiger partial charge in [0.25, 0.3) is 0 Å². The van der Waals surface area contributed by atoms with E-state index in [1.807, 2.05) is 26.0 Å². The summed E-state index contributed by atoms with van der Waals surface area (Å²) in [6.45, 7) is 3.97. The van der Waals surface area contributed by atoms with E-state index in [4.69, 9.17) is 11.6 Å². The monoisotopic (exact) mass is 257 g/mol. The zero-order chi connectivity index (χ0) is 10.8. The van der Waals surface area contributed by atoms with Gasteiger partial charge in [-0.1, -0.05) is 11.6 Å². The maximum absolute atomic E-state index is 5.86. The summed E-state index contributed by atoms with van der Waals surface area (Å²) in [5.74, 6) is 0.686. The summed E-state index contributed by atoms with van der Waals surface area (Å²) in [6.07, 6.45) is 0. The van der Waals surface area contributed by atoms with Gasteiger partial charge in [0.1, 0.15) is 0 Å². The van der Waals surface area contributed by atoms with Crippen LogP contribution in [0.1, 0.15) is 11.3 Å². The van der Waals surface area contributed by atoms with Crippen molar-refractivity contribution in [2.75, 3.05) is 0 Å². The Bertz CT molecular complexity index is 524. The highest BCUT2D eigenvalue weighted by atomic mass is 35.5. The first-order chi connectivity index (χ1) is 7.15. The average Bonchev–Trinajstić information content (AvgIpc) is 2.50. The molecule has 0 aliphatic rings. The van der Waals surface area contributed by atoms with Crippen LogP contribution in [0.15, 0.2) is 17.1 Å². The van der Waals surface area contributed by atoms with E-state index in [0.29, 0.717) is 11.0 Å². The molecule has 3 nitrogen and oxygen atoms in total. The summed E-state index contributed by atoms with van der Waals surface area (Å²) in [5.41, 5.74) is 2.10. The first-order valence-electron chi connectivity index (χ1n) is 4.27. The number of hydrogen-bond acceptors (Lipinski definition) is 5. The maximum Gasteiger partial charge on any atom is 0.179 e. The molecule has 0 aliphatic heterocycles. The molecule has 2 heterocycles. The lowest BCUT2D eigenvalue weighted by atomic mass is 10.2. The average molecular weight is 258 g/mol. The van der Waals surface area contributed by atoms with Gasteiger partial charge in [-0.05, 0) is 41.9 Å². The van der Waals surface area contributed by atoms with Crippen molar-refractivity contribution in [3.05, 3.63) is 33.2 Å². The van der Waals surface area contributed by atoms with Gasteiger partial charge in [0.05, 0.1) is 0 Å². The van der Waals surface area contributed by atoms with Crippen LogP contribution in [0.3, 0.4) is 0 Å². The first-order valence-corrected chi connectivity index (χ1v) is 6.75. The summed E-state index contributed by atoms with van der Waals surface area (Å²) in [5, 5.41) is 0.450. The zero-order valence-corrected chi connectivity index (χ0v) is 10.6. The van der Waals surface area contributed by atoms with Crippen LogP contribution in [0, 0.1) is 13.8 Å². The van der Waals surface area contributed by atoms with Gasteiger partial charge in [0.15, 0.2) is 15.6 Å². The summed E-state index contributed by atoms with van der Waals surface area (Å²) >= 11 is 5.86. The van der Waals surface area contributed by atoms with Crippen molar-refractivity contribution in [3.63, 3.8) is 0 Å². The Hall–Kier alpha value is -0.780. The highest BCUT2D eigenvalue weighted by Gasteiger charge is 1.99. The van der Waals surface area contributed by atoms with Crippen LogP contribution in [0.5, 0.6) is 0 Å². The van der Waals surface area contributed by atoms with E-state index in [1.165, 1.54) is 20.9 Å². The Kier molecular flexibility index (Phi) is 3.14. The van der Waals surface area contributed by atoms with Gasteiger partial charge in [-0.2, -0.15) is 4.37 Å². The van der Waals surface area contributed by atoms with Crippen molar-refractivity contribution in [1.82, 2.24) is 9.36 Å². The molecule has 0 saturated carbocycles. The molecule has 0 saturated heterocycles. The Labute approximate surface area is 99.7 Å². The van der Waals surface area contributed by atoms with E-state index >= 15 is 0 Å². The fraction of sp³-hybridized carbons (Fsp3) is 0.222. The Balaban J connectivity index is 2.53. The standard InChI is InChI=1S/C9H8ClN3S2/c1-5-3-6(2)11-7(4-5)12-9-8(10)13-15-14-9/h3-4H,1-2H3/b12-9+. The summed E-state index contributed by atoms with van der Waals surface area (Å²) < 4.78 is 4.68. The zero-order valence-electron chi connectivity index (χ0n) is 8.19. The molecule has 6 heteroatoms. The number of halogens is 1. The van der Waals surface area contributed by atoms with Crippen LogP contribution in [0.4, 0.5) is 5.82 Å². The van der Waals surface area contributed by atoms with Crippen LogP contribution in [-0.2, 0) is 0 Å². The predicted molar refractivity (Wildman–Crippen MR) is 63.9 cm³/mol. The SMILES string of the molecule is Cc1cc(C)nc(/N=c2/ssnc2Cl)c1. The third-order valence-electron chi connectivity index (χ3n) is 1.71. The summed E-state index contributed by atoms with van der Waals surface area (Å²) in [6, 6.07) is 3.93.